The van der Waals surface area contributed by atoms with Crippen LogP contribution in [0.2, 0.25) is 0 Å². The van der Waals surface area contributed by atoms with E-state index in [-0.39, 0.29) is 29.6 Å². The molecule has 12 nitrogen and oxygen atoms in total. The van der Waals surface area contributed by atoms with Gasteiger partial charge < -0.3 is 30.6 Å². The monoisotopic (exact) mass is 730 g/mol. The van der Waals surface area contributed by atoms with Gasteiger partial charge in [0.1, 0.15) is 23.9 Å². The Morgan fingerprint density at radius 3 is 2.34 bits per heavy atom. The van der Waals surface area contributed by atoms with E-state index in [4.69, 9.17) is 4.74 Å². The van der Waals surface area contributed by atoms with Gasteiger partial charge in [-0.1, -0.05) is 70.2 Å². The van der Waals surface area contributed by atoms with Crippen LogP contribution in [0, 0.1) is 17.8 Å². The van der Waals surface area contributed by atoms with Gasteiger partial charge in [0.2, 0.25) is 17.7 Å². The van der Waals surface area contributed by atoms with Crippen molar-refractivity contribution in [2.75, 3.05) is 27.2 Å². The zero-order chi connectivity index (χ0) is 38.1. The van der Waals surface area contributed by atoms with Gasteiger partial charge in [-0.15, -0.1) is 0 Å². The second-order valence-electron chi connectivity index (χ2n) is 15.6. The number of para-hydroxylation sites is 1. The Kier molecular flexibility index (Phi) is 13.9. The fraction of sp³-hybridized carbons (Fsp3) is 0.585. The number of amides is 5. The minimum atomic E-state index is -0.836. The SMILES string of the molecule is COC1=CC(=O)N(C(=O)C=C[C@H](C)NC(=O)[C@H](CC(C)C)NC(=O)[C@H](CC2CCCCC2)NC(=O)C2CCN(C)CC2)[C@H]1Cc1c[nH]c2ccccc12. The summed E-state index contributed by atoms with van der Waals surface area (Å²) in [6.07, 6.45) is 14.4. The van der Waals surface area contributed by atoms with Gasteiger partial charge in [0.15, 0.2) is 0 Å². The molecule has 0 bridgehead atoms. The molecule has 288 valence electrons. The maximum Gasteiger partial charge on any atom is 0.257 e. The fourth-order valence-corrected chi connectivity index (χ4v) is 7.93. The summed E-state index contributed by atoms with van der Waals surface area (Å²) < 4.78 is 5.51. The summed E-state index contributed by atoms with van der Waals surface area (Å²) in [6.45, 7) is 7.39. The first kappa shape index (κ1) is 39.8. The molecule has 4 N–H and O–H groups in total. The molecule has 0 spiro atoms. The molecule has 0 radical (unpaired) electrons. The highest BCUT2D eigenvalue weighted by atomic mass is 16.5. The highest BCUT2D eigenvalue weighted by Gasteiger charge is 2.38. The van der Waals surface area contributed by atoms with Crippen molar-refractivity contribution in [3.63, 3.8) is 0 Å². The average Bonchev–Trinajstić information content (AvgIpc) is 3.70. The number of carbonyl (C=O) groups excluding carboxylic acids is 5. The van der Waals surface area contributed by atoms with Crippen molar-refractivity contribution in [3.05, 3.63) is 60.0 Å². The van der Waals surface area contributed by atoms with Crippen LogP contribution in [-0.2, 0) is 35.1 Å². The number of H-pyrrole nitrogens is 1. The first-order chi connectivity index (χ1) is 25.4. The number of fused-ring (bicyclic) bond motifs is 1. The van der Waals surface area contributed by atoms with E-state index in [1.807, 2.05) is 51.4 Å². The van der Waals surface area contributed by atoms with E-state index >= 15 is 0 Å². The molecule has 1 saturated heterocycles. The molecular formula is C41H58N6O6. The number of imide groups is 1. The maximum absolute atomic E-state index is 13.9. The van der Waals surface area contributed by atoms with Crippen LogP contribution in [0.4, 0.5) is 0 Å². The number of hydrogen-bond acceptors (Lipinski definition) is 7. The molecule has 0 unspecified atom stereocenters. The first-order valence-electron chi connectivity index (χ1n) is 19.4. The van der Waals surface area contributed by atoms with Gasteiger partial charge in [-0.3, -0.25) is 28.9 Å². The number of rotatable bonds is 15. The number of piperidine rings is 1. The molecule has 2 fully saturated rings. The summed E-state index contributed by atoms with van der Waals surface area (Å²) in [5, 5.41) is 10.00. The van der Waals surface area contributed by atoms with E-state index in [9.17, 15) is 24.0 Å². The van der Waals surface area contributed by atoms with Gasteiger partial charge in [0.05, 0.1) is 7.11 Å². The number of aromatic amines is 1. The number of nitrogens with one attached hydrogen (secondary N) is 4. The summed E-state index contributed by atoms with van der Waals surface area (Å²) in [7, 11) is 3.53. The van der Waals surface area contributed by atoms with E-state index < -0.39 is 36.0 Å². The molecule has 3 aliphatic rings. The number of ether oxygens (including phenoxy) is 1. The number of carbonyl (C=O) groups is 5. The average molecular weight is 731 g/mol. The van der Waals surface area contributed by atoms with Crippen LogP contribution >= 0.6 is 0 Å². The zero-order valence-electron chi connectivity index (χ0n) is 32.0. The fourth-order valence-electron chi connectivity index (χ4n) is 7.93. The van der Waals surface area contributed by atoms with Crippen molar-refractivity contribution in [3.8, 4) is 0 Å². The third-order valence-electron chi connectivity index (χ3n) is 11.0. The summed E-state index contributed by atoms with van der Waals surface area (Å²) in [6, 6.07) is 5.07. The van der Waals surface area contributed by atoms with Crippen LogP contribution in [0.5, 0.6) is 0 Å². The van der Waals surface area contributed by atoms with Crippen LogP contribution in [0.3, 0.4) is 0 Å². The normalized spacial score (nSPS) is 20.7. The Balaban J connectivity index is 1.22. The Hall–Kier alpha value is -4.45. The smallest absolute Gasteiger partial charge is 0.257 e. The summed E-state index contributed by atoms with van der Waals surface area (Å²) in [5.41, 5.74) is 1.91. The van der Waals surface area contributed by atoms with Gasteiger partial charge in [-0.2, -0.15) is 0 Å². The van der Waals surface area contributed by atoms with Crippen LogP contribution in [0.1, 0.15) is 84.1 Å². The minimum absolute atomic E-state index is 0.0876. The number of methoxy groups -OCH3 is 1. The standard InChI is InChI=1S/C41H58N6O6/c1-26(2)21-33(45-41(52)34(22-28-11-7-6-8-12-28)44-39(50)29-17-19-46(4)20-18-29)40(51)43-27(3)15-16-37(48)47-35(36(53-5)24-38(47)49)23-30-25-42-32-14-10-9-13-31(30)32/h9-10,13-16,24-29,33-35,42H,6-8,11-12,17-23H2,1-5H3,(H,43,51)(H,44,50)(H,45,52)/t27-,33-,34-,35-/m0/s1. The predicted octanol–water partition coefficient (Wildman–Crippen LogP) is 4.37. The molecule has 1 aromatic carbocycles. The van der Waals surface area contributed by atoms with E-state index in [1.165, 1.54) is 30.6 Å². The third kappa shape index (κ3) is 10.6. The second-order valence-corrected chi connectivity index (χ2v) is 15.6. The van der Waals surface area contributed by atoms with Crippen molar-refractivity contribution in [1.82, 2.24) is 30.7 Å². The number of benzene rings is 1. The molecule has 53 heavy (non-hydrogen) atoms. The zero-order valence-corrected chi connectivity index (χ0v) is 32.0. The number of aromatic nitrogens is 1. The van der Waals surface area contributed by atoms with E-state index in [1.54, 1.807) is 13.0 Å². The van der Waals surface area contributed by atoms with Gasteiger partial charge >= 0.3 is 0 Å². The molecule has 5 amide bonds. The lowest BCUT2D eigenvalue weighted by atomic mass is 9.84. The molecule has 3 heterocycles. The predicted molar refractivity (Wildman–Crippen MR) is 204 cm³/mol. The van der Waals surface area contributed by atoms with Crippen molar-refractivity contribution in [1.29, 1.82) is 0 Å². The highest BCUT2D eigenvalue weighted by molar-refractivity contribution is 6.08. The Bertz CT molecular complexity index is 1670. The molecule has 2 aromatic rings. The Labute approximate surface area is 313 Å². The molecule has 1 aromatic heterocycles. The largest absolute Gasteiger partial charge is 0.499 e. The summed E-state index contributed by atoms with van der Waals surface area (Å²) in [5.74, 6) is -1.09. The van der Waals surface area contributed by atoms with Gasteiger partial charge in [-0.05, 0) is 76.2 Å². The van der Waals surface area contributed by atoms with Gasteiger partial charge in [0.25, 0.3) is 11.8 Å². The van der Waals surface area contributed by atoms with E-state index in [0.29, 0.717) is 30.9 Å². The minimum Gasteiger partial charge on any atom is -0.499 e. The molecule has 4 atom stereocenters. The van der Waals surface area contributed by atoms with Crippen LogP contribution in [-0.4, -0.2) is 95.7 Å². The second kappa shape index (κ2) is 18.5. The van der Waals surface area contributed by atoms with E-state index in [0.717, 1.165) is 68.1 Å². The Morgan fingerprint density at radius 2 is 1.64 bits per heavy atom. The number of likely N-dealkylation sites (tertiary alicyclic amines) is 1. The quantitative estimate of drug-likeness (QED) is 0.199. The molecule has 5 rings (SSSR count). The lowest BCUT2D eigenvalue weighted by Crippen LogP contribution is -2.56. The summed E-state index contributed by atoms with van der Waals surface area (Å²) in [4.78, 5) is 74.1. The third-order valence-corrected chi connectivity index (χ3v) is 11.0. The van der Waals surface area contributed by atoms with Crippen molar-refractivity contribution >= 4 is 40.4 Å². The van der Waals surface area contributed by atoms with E-state index in [2.05, 4.69) is 25.8 Å². The summed E-state index contributed by atoms with van der Waals surface area (Å²) >= 11 is 0. The van der Waals surface area contributed by atoms with Crippen molar-refractivity contribution in [2.45, 2.75) is 109 Å². The van der Waals surface area contributed by atoms with Crippen molar-refractivity contribution in [2.24, 2.45) is 17.8 Å². The number of hydrogen-bond donors (Lipinski definition) is 4. The molecule has 2 aliphatic heterocycles. The Morgan fingerprint density at radius 1 is 0.943 bits per heavy atom. The van der Waals surface area contributed by atoms with Crippen molar-refractivity contribution < 1.29 is 28.7 Å². The molecule has 1 saturated carbocycles. The van der Waals surface area contributed by atoms with Crippen LogP contribution in [0.25, 0.3) is 10.9 Å². The van der Waals surface area contributed by atoms with Crippen LogP contribution < -0.4 is 16.0 Å². The lowest BCUT2D eigenvalue weighted by Gasteiger charge is -2.32. The lowest BCUT2D eigenvalue weighted by molar-refractivity contribution is -0.139. The van der Waals surface area contributed by atoms with Gasteiger partial charge in [-0.25, -0.2) is 0 Å². The van der Waals surface area contributed by atoms with Crippen LogP contribution in [0.15, 0.2) is 54.4 Å². The van der Waals surface area contributed by atoms with Gasteiger partial charge in [0, 0.05) is 47.6 Å². The molecule has 12 heteroatoms. The molecule has 1 aliphatic carbocycles. The first-order valence-corrected chi connectivity index (χ1v) is 19.4. The molecular weight excluding hydrogens is 672 g/mol. The highest BCUT2D eigenvalue weighted by Crippen LogP contribution is 2.29. The number of nitrogens with zero attached hydrogens (tertiary/aromatic N) is 2. The maximum atomic E-state index is 13.9. The topological polar surface area (TPSA) is 153 Å².